The van der Waals surface area contributed by atoms with E-state index in [9.17, 15) is 14.7 Å². The topological polar surface area (TPSA) is 76.1 Å². The minimum Gasteiger partial charge on any atom is -0.507 e. The molecule has 2 aromatic carbocycles. The van der Waals surface area contributed by atoms with Crippen LogP contribution in [0.25, 0.3) is 5.76 Å². The molecule has 1 saturated heterocycles. The van der Waals surface area contributed by atoms with Crippen molar-refractivity contribution < 1.29 is 24.2 Å². The van der Waals surface area contributed by atoms with E-state index in [1.165, 1.54) is 4.90 Å². The number of ketones is 1. The highest BCUT2D eigenvalue weighted by Gasteiger charge is 2.46. The number of carbonyl (C=O) groups is 2. The zero-order valence-corrected chi connectivity index (χ0v) is 16.8. The summed E-state index contributed by atoms with van der Waals surface area (Å²) in [5, 5.41) is 11.0. The highest BCUT2D eigenvalue weighted by atomic mass is 16.5. The van der Waals surface area contributed by atoms with Gasteiger partial charge in [0.15, 0.2) is 0 Å². The number of aliphatic hydroxyl groups excluding tert-OH is 1. The van der Waals surface area contributed by atoms with E-state index in [4.69, 9.17) is 9.47 Å². The molecular weight excluding hydrogens is 370 g/mol. The fraction of sp³-hybridized carbons (Fsp3) is 0.304. The number of aliphatic hydroxyl groups is 1. The van der Waals surface area contributed by atoms with Gasteiger partial charge in [0.05, 0.1) is 18.7 Å². The molecule has 6 heteroatoms. The second-order valence-electron chi connectivity index (χ2n) is 6.92. The first-order valence-corrected chi connectivity index (χ1v) is 9.47. The second kappa shape index (κ2) is 8.92. The second-order valence-corrected chi connectivity index (χ2v) is 6.92. The number of amides is 1. The van der Waals surface area contributed by atoms with Crippen LogP contribution in [-0.2, 0) is 14.3 Å². The van der Waals surface area contributed by atoms with Crippen LogP contribution in [0.5, 0.6) is 5.75 Å². The van der Waals surface area contributed by atoms with Crippen LogP contribution in [0.2, 0.25) is 0 Å². The number of hydrogen-bond donors (Lipinski definition) is 1. The summed E-state index contributed by atoms with van der Waals surface area (Å²) in [5.41, 5.74) is 2.32. The molecule has 3 rings (SSSR count). The van der Waals surface area contributed by atoms with Crippen LogP contribution in [0.15, 0.2) is 54.1 Å². The minimum atomic E-state index is -0.677. The first-order valence-electron chi connectivity index (χ1n) is 9.47. The summed E-state index contributed by atoms with van der Waals surface area (Å²) < 4.78 is 10.2. The van der Waals surface area contributed by atoms with Crippen molar-refractivity contribution in [3.63, 3.8) is 0 Å². The third-order valence-electron chi connectivity index (χ3n) is 5.13. The third kappa shape index (κ3) is 4.03. The SMILES string of the molecule is COCCCN1C(=O)C(=O)/C(=C(\O)c2ccc(OC)cc2)C1c1ccccc1C. The van der Waals surface area contributed by atoms with Gasteiger partial charge in [-0.3, -0.25) is 9.59 Å². The van der Waals surface area contributed by atoms with Crippen molar-refractivity contribution in [2.24, 2.45) is 0 Å². The van der Waals surface area contributed by atoms with Crippen LogP contribution in [0.1, 0.15) is 29.2 Å². The third-order valence-corrected chi connectivity index (χ3v) is 5.13. The van der Waals surface area contributed by atoms with Gasteiger partial charge in [-0.25, -0.2) is 0 Å². The number of likely N-dealkylation sites (tertiary alicyclic amines) is 1. The lowest BCUT2D eigenvalue weighted by Gasteiger charge is -2.26. The summed E-state index contributed by atoms with van der Waals surface area (Å²) in [6, 6.07) is 13.7. The summed E-state index contributed by atoms with van der Waals surface area (Å²) in [7, 11) is 3.15. The van der Waals surface area contributed by atoms with Crippen molar-refractivity contribution in [2.75, 3.05) is 27.4 Å². The Morgan fingerprint density at radius 1 is 1.07 bits per heavy atom. The predicted molar refractivity (Wildman–Crippen MR) is 110 cm³/mol. The first-order chi connectivity index (χ1) is 14.0. The molecule has 0 radical (unpaired) electrons. The van der Waals surface area contributed by atoms with Gasteiger partial charge in [-0.15, -0.1) is 0 Å². The average molecular weight is 395 g/mol. The zero-order chi connectivity index (χ0) is 21.0. The molecule has 1 aliphatic heterocycles. The maximum Gasteiger partial charge on any atom is 0.295 e. The highest BCUT2D eigenvalue weighted by Crippen LogP contribution is 2.40. The number of aryl methyl sites for hydroxylation is 1. The van der Waals surface area contributed by atoms with Gasteiger partial charge in [0.1, 0.15) is 11.5 Å². The van der Waals surface area contributed by atoms with E-state index in [1.54, 1.807) is 38.5 Å². The molecule has 2 aromatic rings. The molecule has 6 nitrogen and oxygen atoms in total. The number of carbonyl (C=O) groups excluding carboxylic acids is 2. The molecule has 152 valence electrons. The summed E-state index contributed by atoms with van der Waals surface area (Å²) >= 11 is 0. The van der Waals surface area contributed by atoms with Gasteiger partial charge in [-0.2, -0.15) is 0 Å². The van der Waals surface area contributed by atoms with E-state index in [2.05, 4.69) is 0 Å². The smallest absolute Gasteiger partial charge is 0.295 e. The van der Waals surface area contributed by atoms with Gasteiger partial charge in [-0.1, -0.05) is 24.3 Å². The van der Waals surface area contributed by atoms with Gasteiger partial charge in [-0.05, 0) is 48.7 Å². The Bertz CT molecular complexity index is 933. The number of nitrogens with zero attached hydrogens (tertiary/aromatic N) is 1. The molecule has 1 atom stereocenters. The quantitative estimate of drug-likeness (QED) is 0.336. The molecule has 1 unspecified atom stereocenters. The van der Waals surface area contributed by atoms with Gasteiger partial charge < -0.3 is 19.5 Å². The lowest BCUT2D eigenvalue weighted by Crippen LogP contribution is -2.31. The van der Waals surface area contributed by atoms with E-state index in [1.807, 2.05) is 31.2 Å². The highest BCUT2D eigenvalue weighted by molar-refractivity contribution is 6.46. The standard InChI is InChI=1S/C23H25NO5/c1-15-7-4-5-8-18(15)20-19(21(25)16-9-11-17(29-3)12-10-16)22(26)23(27)24(20)13-6-14-28-2/h4-5,7-12,20,25H,6,13-14H2,1-3H3/b21-19-. The molecule has 1 N–H and O–H groups in total. The Morgan fingerprint density at radius 3 is 2.38 bits per heavy atom. The molecule has 0 aromatic heterocycles. The minimum absolute atomic E-state index is 0.104. The number of methoxy groups -OCH3 is 2. The molecular formula is C23H25NO5. The fourth-order valence-electron chi connectivity index (χ4n) is 3.61. The summed E-state index contributed by atoms with van der Waals surface area (Å²) in [5.74, 6) is -0.834. The normalized spacial score (nSPS) is 18.3. The Morgan fingerprint density at radius 2 is 1.76 bits per heavy atom. The molecule has 0 aliphatic carbocycles. The van der Waals surface area contributed by atoms with Crippen LogP contribution in [0, 0.1) is 6.92 Å². The monoisotopic (exact) mass is 395 g/mol. The molecule has 29 heavy (non-hydrogen) atoms. The van der Waals surface area contributed by atoms with Crippen LogP contribution >= 0.6 is 0 Å². The van der Waals surface area contributed by atoms with Crippen molar-refractivity contribution >= 4 is 17.4 Å². The Hall–Kier alpha value is -3.12. The summed E-state index contributed by atoms with van der Waals surface area (Å²) in [6.45, 7) is 2.76. The van der Waals surface area contributed by atoms with E-state index < -0.39 is 17.7 Å². The number of benzene rings is 2. The largest absolute Gasteiger partial charge is 0.507 e. The number of ether oxygens (including phenoxy) is 2. The Balaban J connectivity index is 2.12. The van der Waals surface area contributed by atoms with E-state index in [-0.39, 0.29) is 11.3 Å². The maximum atomic E-state index is 12.9. The molecule has 1 amide bonds. The predicted octanol–water partition coefficient (Wildman–Crippen LogP) is 3.46. The maximum absolute atomic E-state index is 12.9. The van der Waals surface area contributed by atoms with Crippen LogP contribution in [0.3, 0.4) is 0 Å². The van der Waals surface area contributed by atoms with Gasteiger partial charge >= 0.3 is 0 Å². The number of rotatable bonds is 7. The fourth-order valence-corrected chi connectivity index (χ4v) is 3.61. The number of hydrogen-bond acceptors (Lipinski definition) is 5. The molecule has 1 heterocycles. The Labute approximate surface area is 170 Å². The summed E-state index contributed by atoms with van der Waals surface area (Å²) in [6.07, 6.45) is 0.592. The molecule has 1 aliphatic rings. The van der Waals surface area contributed by atoms with Gasteiger partial charge in [0.2, 0.25) is 0 Å². The van der Waals surface area contributed by atoms with Gasteiger partial charge in [0.25, 0.3) is 11.7 Å². The van der Waals surface area contributed by atoms with E-state index in [0.717, 1.165) is 11.1 Å². The molecule has 1 fully saturated rings. The van der Waals surface area contributed by atoms with Gasteiger partial charge in [0, 0.05) is 25.8 Å². The van der Waals surface area contributed by atoms with Crippen molar-refractivity contribution in [1.29, 1.82) is 0 Å². The van der Waals surface area contributed by atoms with Crippen LogP contribution in [0.4, 0.5) is 0 Å². The first kappa shape index (κ1) is 20.6. The lowest BCUT2D eigenvalue weighted by atomic mass is 9.92. The average Bonchev–Trinajstić information content (AvgIpc) is 2.98. The molecule has 0 saturated carbocycles. The lowest BCUT2D eigenvalue weighted by molar-refractivity contribution is -0.140. The summed E-state index contributed by atoms with van der Waals surface area (Å²) in [4.78, 5) is 27.3. The van der Waals surface area contributed by atoms with E-state index >= 15 is 0 Å². The van der Waals surface area contributed by atoms with Crippen molar-refractivity contribution in [2.45, 2.75) is 19.4 Å². The van der Waals surface area contributed by atoms with Crippen molar-refractivity contribution in [3.05, 3.63) is 70.8 Å². The Kier molecular flexibility index (Phi) is 6.34. The van der Waals surface area contributed by atoms with Crippen molar-refractivity contribution in [1.82, 2.24) is 4.90 Å². The van der Waals surface area contributed by atoms with E-state index in [0.29, 0.717) is 30.9 Å². The zero-order valence-electron chi connectivity index (χ0n) is 16.8. The van der Waals surface area contributed by atoms with Crippen LogP contribution in [-0.4, -0.2) is 49.1 Å². The molecule has 0 spiro atoms. The van der Waals surface area contributed by atoms with Crippen LogP contribution < -0.4 is 4.74 Å². The number of Topliss-reactive ketones (excluding diaryl/α,β-unsaturated/α-hetero) is 1. The molecule has 0 bridgehead atoms. The van der Waals surface area contributed by atoms with Crippen molar-refractivity contribution in [3.8, 4) is 5.75 Å².